The molecule has 1 fully saturated rings. The van der Waals surface area contributed by atoms with E-state index in [0.717, 1.165) is 31.7 Å². The number of benzene rings is 1. The number of nitrogens with zero attached hydrogens (tertiary/aromatic N) is 1. The van der Waals surface area contributed by atoms with Crippen molar-refractivity contribution in [2.45, 2.75) is 37.5 Å². The Labute approximate surface area is 151 Å². The molecule has 1 aromatic carbocycles. The molecule has 0 spiro atoms. The number of nitro benzene ring substituents is 1. The van der Waals surface area contributed by atoms with Crippen LogP contribution in [-0.2, 0) is 14.8 Å². The van der Waals surface area contributed by atoms with Gasteiger partial charge >= 0.3 is 0 Å². The summed E-state index contributed by atoms with van der Waals surface area (Å²) < 4.78 is 26.8. The van der Waals surface area contributed by atoms with Gasteiger partial charge in [0.2, 0.25) is 15.9 Å². The minimum Gasteiger partial charge on any atom is -0.355 e. The van der Waals surface area contributed by atoms with Crippen molar-refractivity contribution in [2.24, 2.45) is 5.92 Å². The molecule has 0 radical (unpaired) electrons. The maximum Gasteiger partial charge on any atom is 0.275 e. The lowest BCUT2D eigenvalue weighted by Crippen LogP contribution is -2.37. The quantitative estimate of drug-likeness (QED) is 0.420. The monoisotopic (exact) mass is 389 g/mol. The fraction of sp³-hybridized carbons (Fsp3) is 0.533. The Morgan fingerprint density at radius 2 is 1.96 bits per heavy atom. The van der Waals surface area contributed by atoms with Crippen LogP contribution in [0.15, 0.2) is 17.0 Å². The zero-order valence-electron chi connectivity index (χ0n) is 13.7. The van der Waals surface area contributed by atoms with Crippen molar-refractivity contribution in [3.8, 4) is 0 Å². The summed E-state index contributed by atoms with van der Waals surface area (Å²) in [5.74, 6) is -0.0547. The molecule has 2 rings (SSSR count). The molecule has 1 saturated carbocycles. The Bertz CT molecular complexity index is 776. The van der Waals surface area contributed by atoms with Crippen LogP contribution in [0.3, 0.4) is 0 Å². The van der Waals surface area contributed by atoms with Gasteiger partial charge in [-0.25, -0.2) is 13.1 Å². The van der Waals surface area contributed by atoms with Crippen LogP contribution in [0.5, 0.6) is 0 Å². The molecule has 0 unspecified atom stereocenters. The van der Waals surface area contributed by atoms with Gasteiger partial charge in [-0.1, -0.05) is 24.4 Å². The number of rotatable bonds is 7. The summed E-state index contributed by atoms with van der Waals surface area (Å²) >= 11 is 5.89. The van der Waals surface area contributed by atoms with E-state index in [1.807, 2.05) is 0 Å². The molecular formula is C15H20ClN3O5S. The van der Waals surface area contributed by atoms with Crippen LogP contribution in [0.2, 0.25) is 5.02 Å². The summed E-state index contributed by atoms with van der Waals surface area (Å²) in [7, 11) is -3.96. The van der Waals surface area contributed by atoms with E-state index in [4.69, 9.17) is 11.6 Å². The fourth-order valence-corrected chi connectivity index (χ4v) is 4.13. The van der Waals surface area contributed by atoms with E-state index in [1.165, 1.54) is 13.0 Å². The molecule has 1 aliphatic rings. The number of nitro groups is 1. The molecule has 0 saturated heterocycles. The minimum atomic E-state index is -3.96. The van der Waals surface area contributed by atoms with Crippen LogP contribution in [-0.4, -0.2) is 32.3 Å². The fourth-order valence-electron chi connectivity index (χ4n) is 2.77. The second-order valence-electron chi connectivity index (χ2n) is 5.98. The Kier molecular flexibility index (Phi) is 6.36. The summed E-state index contributed by atoms with van der Waals surface area (Å²) in [6.07, 6.45) is 3.81. The normalized spacial score (nSPS) is 15.3. The summed E-state index contributed by atoms with van der Waals surface area (Å²) in [5, 5.41) is 13.7. The first-order chi connectivity index (χ1) is 11.7. The van der Waals surface area contributed by atoms with Gasteiger partial charge in [-0.2, -0.15) is 0 Å². The average Bonchev–Trinajstić information content (AvgIpc) is 3.08. The number of amides is 1. The standard InChI is InChI=1S/C15H20ClN3O5S/c1-10-13(16)8-12(9-14(10)19(21)22)25(23,24)18-7-6-17-15(20)11-4-2-3-5-11/h8-9,11,18H,2-7H2,1H3,(H,17,20). The highest BCUT2D eigenvalue weighted by molar-refractivity contribution is 7.89. The van der Waals surface area contributed by atoms with Gasteiger partial charge in [0.05, 0.1) is 14.8 Å². The predicted molar refractivity (Wildman–Crippen MR) is 93.0 cm³/mol. The van der Waals surface area contributed by atoms with Crippen molar-refractivity contribution < 1.29 is 18.1 Å². The van der Waals surface area contributed by atoms with Gasteiger partial charge in [0.1, 0.15) is 0 Å². The van der Waals surface area contributed by atoms with Crippen molar-refractivity contribution in [1.29, 1.82) is 0 Å². The number of sulfonamides is 1. The number of halogens is 1. The van der Waals surface area contributed by atoms with Crippen molar-refractivity contribution in [3.05, 3.63) is 32.8 Å². The molecule has 1 amide bonds. The molecule has 8 nitrogen and oxygen atoms in total. The second kappa shape index (κ2) is 8.11. The Morgan fingerprint density at radius 3 is 2.56 bits per heavy atom. The maximum absolute atomic E-state index is 12.3. The molecule has 0 aromatic heterocycles. The smallest absolute Gasteiger partial charge is 0.275 e. The molecule has 1 aromatic rings. The van der Waals surface area contributed by atoms with E-state index in [0.29, 0.717) is 0 Å². The van der Waals surface area contributed by atoms with Gasteiger partial charge in [-0.3, -0.25) is 14.9 Å². The zero-order valence-corrected chi connectivity index (χ0v) is 15.3. The van der Waals surface area contributed by atoms with Gasteiger partial charge in [0, 0.05) is 30.6 Å². The molecule has 25 heavy (non-hydrogen) atoms. The Morgan fingerprint density at radius 1 is 1.32 bits per heavy atom. The third-order valence-electron chi connectivity index (χ3n) is 4.24. The number of nitrogens with one attached hydrogen (secondary N) is 2. The molecule has 0 bridgehead atoms. The zero-order chi connectivity index (χ0) is 18.6. The first-order valence-corrected chi connectivity index (χ1v) is 9.80. The Balaban J connectivity index is 1.97. The highest BCUT2D eigenvalue weighted by Gasteiger charge is 2.24. The van der Waals surface area contributed by atoms with Crippen LogP contribution in [0, 0.1) is 23.0 Å². The maximum atomic E-state index is 12.3. The topological polar surface area (TPSA) is 118 Å². The van der Waals surface area contributed by atoms with Crippen LogP contribution in [0.25, 0.3) is 0 Å². The van der Waals surface area contributed by atoms with Crippen molar-refractivity contribution in [2.75, 3.05) is 13.1 Å². The number of hydrogen-bond donors (Lipinski definition) is 2. The summed E-state index contributed by atoms with van der Waals surface area (Å²) in [5.41, 5.74) is -0.156. The number of carbonyl (C=O) groups is 1. The van der Waals surface area contributed by atoms with Crippen LogP contribution in [0.1, 0.15) is 31.2 Å². The highest BCUT2D eigenvalue weighted by Crippen LogP contribution is 2.29. The first-order valence-electron chi connectivity index (χ1n) is 7.94. The third-order valence-corrected chi connectivity index (χ3v) is 6.07. The first kappa shape index (κ1) is 19.6. The summed E-state index contributed by atoms with van der Waals surface area (Å²) in [6.45, 7) is 1.58. The lowest BCUT2D eigenvalue weighted by Gasteiger charge is -2.11. The largest absolute Gasteiger partial charge is 0.355 e. The average molecular weight is 390 g/mol. The van der Waals surface area contributed by atoms with Gasteiger partial charge in [0.25, 0.3) is 5.69 Å². The molecule has 10 heteroatoms. The summed E-state index contributed by atoms with van der Waals surface area (Å²) in [4.78, 5) is 21.9. The van der Waals surface area contributed by atoms with Crippen LogP contribution in [0.4, 0.5) is 5.69 Å². The molecular weight excluding hydrogens is 370 g/mol. The lowest BCUT2D eigenvalue weighted by molar-refractivity contribution is -0.385. The van der Waals surface area contributed by atoms with Gasteiger partial charge < -0.3 is 5.32 Å². The summed E-state index contributed by atoms with van der Waals surface area (Å²) in [6, 6.07) is 2.14. The van der Waals surface area contributed by atoms with E-state index in [1.54, 1.807) is 0 Å². The number of hydrogen-bond acceptors (Lipinski definition) is 5. The molecule has 0 aliphatic heterocycles. The van der Waals surface area contributed by atoms with Gasteiger partial charge in [-0.15, -0.1) is 0 Å². The van der Waals surface area contributed by atoms with Gasteiger partial charge in [-0.05, 0) is 25.8 Å². The van der Waals surface area contributed by atoms with E-state index < -0.39 is 14.9 Å². The molecule has 0 atom stereocenters. The highest BCUT2D eigenvalue weighted by atomic mass is 35.5. The Hall–Kier alpha value is -1.71. The van der Waals surface area contributed by atoms with E-state index in [2.05, 4.69) is 10.0 Å². The molecule has 2 N–H and O–H groups in total. The van der Waals surface area contributed by atoms with Crippen molar-refractivity contribution in [3.63, 3.8) is 0 Å². The van der Waals surface area contributed by atoms with Crippen molar-refractivity contribution in [1.82, 2.24) is 10.0 Å². The lowest BCUT2D eigenvalue weighted by atomic mass is 10.1. The molecule has 1 aliphatic carbocycles. The van der Waals surface area contributed by atoms with E-state index in [-0.39, 0.29) is 46.1 Å². The van der Waals surface area contributed by atoms with Crippen LogP contribution < -0.4 is 10.0 Å². The third kappa shape index (κ3) is 4.90. The van der Waals surface area contributed by atoms with E-state index >= 15 is 0 Å². The van der Waals surface area contributed by atoms with E-state index in [9.17, 15) is 23.3 Å². The molecule has 138 valence electrons. The van der Waals surface area contributed by atoms with Gasteiger partial charge in [0.15, 0.2) is 0 Å². The second-order valence-corrected chi connectivity index (χ2v) is 8.15. The van der Waals surface area contributed by atoms with Crippen molar-refractivity contribution >= 4 is 33.2 Å². The number of carbonyl (C=O) groups excluding carboxylic acids is 1. The van der Waals surface area contributed by atoms with Crippen LogP contribution >= 0.6 is 11.6 Å². The predicted octanol–water partition coefficient (Wildman–Crippen LogP) is 2.14. The SMILES string of the molecule is Cc1c(Cl)cc(S(=O)(=O)NCCNC(=O)C2CCCC2)cc1[N+](=O)[O-]. The minimum absolute atomic E-state index is 0.00381. The molecule has 0 heterocycles.